The quantitative estimate of drug-likeness (QED) is 0.790. The van der Waals surface area contributed by atoms with E-state index in [1.165, 1.54) is 0 Å². The highest BCUT2D eigenvalue weighted by atomic mass is 16.6. The van der Waals surface area contributed by atoms with Crippen LogP contribution in [0.15, 0.2) is 30.3 Å². The highest BCUT2D eigenvalue weighted by molar-refractivity contribution is 5.78. The number of nitrogens with zero attached hydrogens (tertiary/aromatic N) is 1. The van der Waals surface area contributed by atoms with Crippen molar-refractivity contribution in [2.24, 2.45) is 5.41 Å². The van der Waals surface area contributed by atoms with Crippen LogP contribution < -0.4 is 0 Å². The zero-order valence-corrected chi connectivity index (χ0v) is 15.0. The molecule has 1 amide bonds. The lowest BCUT2D eigenvalue weighted by Crippen LogP contribution is -2.50. The first-order chi connectivity index (χ1) is 11.2. The fourth-order valence-corrected chi connectivity index (χ4v) is 2.79. The number of carbonyl (C=O) groups excluding carboxylic acids is 2. The van der Waals surface area contributed by atoms with Gasteiger partial charge in [-0.3, -0.25) is 4.79 Å². The molecule has 0 saturated carbocycles. The van der Waals surface area contributed by atoms with E-state index in [1.807, 2.05) is 58.0 Å². The van der Waals surface area contributed by atoms with Gasteiger partial charge in [0.25, 0.3) is 0 Å². The Morgan fingerprint density at radius 3 is 2.50 bits per heavy atom. The van der Waals surface area contributed by atoms with Gasteiger partial charge in [-0.05, 0) is 46.1 Å². The molecule has 0 radical (unpaired) electrons. The normalized spacial score (nSPS) is 21.2. The van der Waals surface area contributed by atoms with Crippen molar-refractivity contribution in [1.29, 1.82) is 0 Å². The summed E-state index contributed by atoms with van der Waals surface area (Å²) in [6.07, 6.45) is 1.10. The molecule has 1 aliphatic rings. The molecule has 0 N–H and O–H groups in total. The predicted molar refractivity (Wildman–Crippen MR) is 91.4 cm³/mol. The van der Waals surface area contributed by atoms with Crippen molar-refractivity contribution in [3.63, 3.8) is 0 Å². The minimum absolute atomic E-state index is 0.252. The number of carbonyl (C=O) groups is 2. The van der Waals surface area contributed by atoms with E-state index in [2.05, 4.69) is 0 Å². The third-order valence-corrected chi connectivity index (χ3v) is 4.05. The maximum Gasteiger partial charge on any atom is 0.410 e. The third-order valence-electron chi connectivity index (χ3n) is 4.05. The second-order valence-corrected chi connectivity index (χ2v) is 7.63. The number of piperidine rings is 1. The summed E-state index contributed by atoms with van der Waals surface area (Å²) < 4.78 is 10.9. The lowest BCUT2D eigenvalue weighted by molar-refractivity contribution is -0.159. The van der Waals surface area contributed by atoms with Crippen LogP contribution in [0, 0.1) is 5.41 Å². The molecule has 1 aliphatic heterocycles. The molecule has 5 heteroatoms. The van der Waals surface area contributed by atoms with Crippen molar-refractivity contribution in [3.8, 4) is 0 Å². The van der Waals surface area contributed by atoms with Crippen molar-refractivity contribution in [2.75, 3.05) is 13.1 Å². The Balaban J connectivity index is 1.95. The Morgan fingerprint density at radius 2 is 1.88 bits per heavy atom. The topological polar surface area (TPSA) is 55.8 Å². The van der Waals surface area contributed by atoms with Crippen molar-refractivity contribution >= 4 is 12.1 Å². The summed E-state index contributed by atoms with van der Waals surface area (Å²) in [6, 6.07) is 9.59. The van der Waals surface area contributed by atoms with Gasteiger partial charge in [0.05, 0.1) is 5.41 Å². The van der Waals surface area contributed by atoms with Gasteiger partial charge in [-0.15, -0.1) is 0 Å². The molecule has 1 heterocycles. The first-order valence-corrected chi connectivity index (χ1v) is 8.39. The summed E-state index contributed by atoms with van der Waals surface area (Å²) in [5.41, 5.74) is -0.280. The summed E-state index contributed by atoms with van der Waals surface area (Å²) in [4.78, 5) is 26.4. The van der Waals surface area contributed by atoms with Crippen LogP contribution in [0.3, 0.4) is 0 Å². The van der Waals surface area contributed by atoms with Crippen molar-refractivity contribution in [3.05, 3.63) is 35.9 Å². The number of amides is 1. The molecule has 1 aromatic rings. The number of hydrogen-bond donors (Lipinski definition) is 0. The van der Waals surface area contributed by atoms with E-state index in [4.69, 9.17) is 9.47 Å². The number of esters is 1. The third kappa shape index (κ3) is 4.98. The fraction of sp³-hybridized carbons (Fsp3) is 0.579. The molecule has 132 valence electrons. The highest BCUT2D eigenvalue weighted by Gasteiger charge is 2.41. The minimum Gasteiger partial charge on any atom is -0.460 e. The van der Waals surface area contributed by atoms with E-state index in [1.54, 1.807) is 4.90 Å². The van der Waals surface area contributed by atoms with Gasteiger partial charge in [-0.1, -0.05) is 30.3 Å². The zero-order valence-electron chi connectivity index (χ0n) is 15.0. The zero-order chi connectivity index (χ0) is 17.8. The predicted octanol–water partition coefficient (Wildman–Crippen LogP) is 3.77. The maximum absolute atomic E-state index is 12.5. The van der Waals surface area contributed by atoms with Gasteiger partial charge in [0.2, 0.25) is 0 Å². The Labute approximate surface area is 143 Å². The number of hydrogen-bond acceptors (Lipinski definition) is 4. The van der Waals surface area contributed by atoms with E-state index in [0.29, 0.717) is 19.5 Å². The average Bonchev–Trinajstić information content (AvgIpc) is 2.52. The standard InChI is InChI=1S/C19H27NO4/c1-18(2,3)24-17(22)20-12-8-11-19(4,14-20)16(21)23-13-15-9-6-5-7-10-15/h5-7,9-10H,8,11-14H2,1-4H3. The molecule has 0 aliphatic carbocycles. The Hall–Kier alpha value is -2.04. The molecular formula is C19H27NO4. The molecular weight excluding hydrogens is 306 g/mol. The van der Waals surface area contributed by atoms with Gasteiger partial charge in [0, 0.05) is 13.1 Å². The van der Waals surface area contributed by atoms with Crippen molar-refractivity contribution in [2.45, 2.75) is 52.7 Å². The van der Waals surface area contributed by atoms with Gasteiger partial charge in [0.15, 0.2) is 0 Å². The second-order valence-electron chi connectivity index (χ2n) is 7.63. The second kappa shape index (κ2) is 7.24. The average molecular weight is 333 g/mol. The van der Waals surface area contributed by atoms with Crippen LogP contribution in [0.4, 0.5) is 4.79 Å². The summed E-state index contributed by atoms with van der Waals surface area (Å²) in [6.45, 7) is 8.55. The lowest BCUT2D eigenvalue weighted by Gasteiger charge is -2.39. The largest absolute Gasteiger partial charge is 0.460 e. The minimum atomic E-state index is -0.691. The molecule has 1 fully saturated rings. The molecule has 1 saturated heterocycles. The summed E-state index contributed by atoms with van der Waals surface area (Å²) in [5, 5.41) is 0. The van der Waals surface area contributed by atoms with E-state index < -0.39 is 11.0 Å². The molecule has 0 bridgehead atoms. The SMILES string of the molecule is CC(C)(C)OC(=O)N1CCCC(C)(C(=O)OCc2ccccc2)C1. The number of rotatable bonds is 3. The van der Waals surface area contributed by atoms with Crippen molar-refractivity contribution in [1.82, 2.24) is 4.90 Å². The summed E-state index contributed by atoms with van der Waals surface area (Å²) in [7, 11) is 0. The molecule has 1 atom stereocenters. The van der Waals surface area contributed by atoms with Crippen LogP contribution in [-0.2, 0) is 20.9 Å². The maximum atomic E-state index is 12.5. The molecule has 1 aromatic carbocycles. The highest BCUT2D eigenvalue weighted by Crippen LogP contribution is 2.32. The number of likely N-dealkylation sites (tertiary alicyclic amines) is 1. The van der Waals surface area contributed by atoms with Crippen molar-refractivity contribution < 1.29 is 19.1 Å². The number of benzene rings is 1. The van der Waals surface area contributed by atoms with E-state index in [0.717, 1.165) is 12.0 Å². The first-order valence-electron chi connectivity index (χ1n) is 8.39. The van der Waals surface area contributed by atoms with Gasteiger partial charge in [-0.25, -0.2) is 4.79 Å². The fourth-order valence-electron chi connectivity index (χ4n) is 2.79. The van der Waals surface area contributed by atoms with Crippen LogP contribution >= 0.6 is 0 Å². The lowest BCUT2D eigenvalue weighted by atomic mass is 9.82. The molecule has 1 unspecified atom stereocenters. The smallest absolute Gasteiger partial charge is 0.410 e. The van der Waals surface area contributed by atoms with Gasteiger partial charge >= 0.3 is 12.1 Å². The Bertz CT molecular complexity index is 579. The van der Waals surface area contributed by atoms with Crippen LogP contribution in [0.5, 0.6) is 0 Å². The summed E-state index contributed by atoms with van der Waals surface area (Å²) >= 11 is 0. The van der Waals surface area contributed by atoms with Crippen LogP contribution in [0.2, 0.25) is 0 Å². The van der Waals surface area contributed by atoms with E-state index >= 15 is 0 Å². The van der Waals surface area contributed by atoms with E-state index in [9.17, 15) is 9.59 Å². The Morgan fingerprint density at radius 1 is 1.21 bits per heavy atom. The van der Waals surface area contributed by atoms with Gasteiger partial charge in [0.1, 0.15) is 12.2 Å². The molecule has 0 aromatic heterocycles. The molecule has 0 spiro atoms. The van der Waals surface area contributed by atoms with Crippen LogP contribution in [0.1, 0.15) is 46.1 Å². The van der Waals surface area contributed by atoms with E-state index in [-0.39, 0.29) is 18.7 Å². The van der Waals surface area contributed by atoms with Gasteiger partial charge < -0.3 is 14.4 Å². The molecule has 5 nitrogen and oxygen atoms in total. The monoisotopic (exact) mass is 333 g/mol. The summed E-state index contributed by atoms with van der Waals surface area (Å²) in [5.74, 6) is -0.264. The molecule has 2 rings (SSSR count). The molecule has 24 heavy (non-hydrogen) atoms. The first kappa shape index (κ1) is 18.3. The van der Waals surface area contributed by atoms with Gasteiger partial charge in [-0.2, -0.15) is 0 Å². The Kier molecular flexibility index (Phi) is 5.52. The number of ether oxygens (including phenoxy) is 2. The van der Waals surface area contributed by atoms with Crippen LogP contribution in [0.25, 0.3) is 0 Å². The van der Waals surface area contributed by atoms with Crippen LogP contribution in [-0.4, -0.2) is 35.7 Å².